The van der Waals surface area contributed by atoms with Crippen LogP contribution in [-0.4, -0.2) is 7.05 Å². The molecule has 0 aliphatic heterocycles. The number of halogens is 2. The average molecular weight is 293 g/mol. The molecular weight excluding hydrogens is 275 g/mol. The standard InChI is InChI=1S/C16H18ClFN2/c1-11(19)13-5-8-16(15(17)9-13)20(2)10-12-3-6-14(18)7-4-12/h3-9,11H,10,19H2,1-2H3. The molecule has 4 heteroatoms. The van der Waals surface area contributed by atoms with Crippen LogP contribution >= 0.6 is 11.6 Å². The SMILES string of the molecule is CC(N)c1ccc(N(C)Cc2ccc(F)cc2)c(Cl)c1. The highest BCUT2D eigenvalue weighted by Crippen LogP contribution is 2.28. The number of benzene rings is 2. The molecule has 20 heavy (non-hydrogen) atoms. The summed E-state index contributed by atoms with van der Waals surface area (Å²) >= 11 is 6.30. The molecule has 1 atom stereocenters. The van der Waals surface area contributed by atoms with Gasteiger partial charge in [-0.25, -0.2) is 4.39 Å². The molecule has 0 amide bonds. The van der Waals surface area contributed by atoms with Gasteiger partial charge in [0.05, 0.1) is 10.7 Å². The Hall–Kier alpha value is -1.58. The minimum atomic E-state index is -0.226. The van der Waals surface area contributed by atoms with Gasteiger partial charge in [-0.3, -0.25) is 0 Å². The summed E-state index contributed by atoms with van der Waals surface area (Å²) in [5.74, 6) is -0.226. The Kier molecular flexibility index (Phi) is 4.63. The van der Waals surface area contributed by atoms with Crippen LogP contribution in [0.1, 0.15) is 24.1 Å². The number of rotatable bonds is 4. The van der Waals surface area contributed by atoms with Crippen molar-refractivity contribution < 1.29 is 4.39 Å². The molecule has 0 saturated heterocycles. The monoisotopic (exact) mass is 292 g/mol. The molecule has 0 radical (unpaired) electrons. The second-order valence-corrected chi connectivity index (χ2v) is 5.39. The molecule has 0 heterocycles. The molecule has 2 rings (SSSR count). The number of hydrogen-bond donors (Lipinski definition) is 1. The number of hydrogen-bond acceptors (Lipinski definition) is 2. The van der Waals surface area contributed by atoms with Gasteiger partial charge in [-0.1, -0.05) is 29.8 Å². The molecule has 0 fully saturated rings. The van der Waals surface area contributed by atoms with E-state index in [-0.39, 0.29) is 11.9 Å². The third-order valence-electron chi connectivity index (χ3n) is 3.24. The van der Waals surface area contributed by atoms with Gasteiger partial charge >= 0.3 is 0 Å². The summed E-state index contributed by atoms with van der Waals surface area (Å²) < 4.78 is 12.9. The summed E-state index contributed by atoms with van der Waals surface area (Å²) in [5.41, 5.74) is 8.81. The van der Waals surface area contributed by atoms with E-state index in [1.807, 2.05) is 37.1 Å². The quantitative estimate of drug-likeness (QED) is 0.918. The van der Waals surface area contributed by atoms with E-state index in [0.29, 0.717) is 11.6 Å². The van der Waals surface area contributed by atoms with Gasteiger partial charge in [0.25, 0.3) is 0 Å². The van der Waals surface area contributed by atoms with E-state index >= 15 is 0 Å². The maximum Gasteiger partial charge on any atom is 0.123 e. The first-order valence-corrected chi connectivity index (χ1v) is 6.86. The van der Waals surface area contributed by atoms with Crippen molar-refractivity contribution in [2.75, 3.05) is 11.9 Å². The summed E-state index contributed by atoms with van der Waals surface area (Å²) in [6.45, 7) is 2.59. The maximum absolute atomic E-state index is 12.9. The molecule has 0 bridgehead atoms. The van der Waals surface area contributed by atoms with E-state index in [0.717, 1.165) is 16.8 Å². The largest absolute Gasteiger partial charge is 0.369 e. The van der Waals surface area contributed by atoms with Crippen LogP contribution in [0.5, 0.6) is 0 Å². The van der Waals surface area contributed by atoms with Gasteiger partial charge in [0, 0.05) is 19.6 Å². The minimum absolute atomic E-state index is 0.0380. The van der Waals surface area contributed by atoms with Gasteiger partial charge < -0.3 is 10.6 Å². The first kappa shape index (κ1) is 14.8. The zero-order valence-electron chi connectivity index (χ0n) is 11.6. The Balaban J connectivity index is 2.16. The Morgan fingerprint density at radius 2 is 1.85 bits per heavy atom. The van der Waals surface area contributed by atoms with Crippen LogP contribution in [0.25, 0.3) is 0 Å². The van der Waals surface area contributed by atoms with Crippen molar-refractivity contribution in [2.45, 2.75) is 19.5 Å². The minimum Gasteiger partial charge on any atom is -0.369 e. The fourth-order valence-electron chi connectivity index (χ4n) is 2.06. The Morgan fingerprint density at radius 3 is 2.40 bits per heavy atom. The maximum atomic E-state index is 12.9. The highest BCUT2D eigenvalue weighted by Gasteiger charge is 2.09. The highest BCUT2D eigenvalue weighted by molar-refractivity contribution is 6.33. The van der Waals surface area contributed by atoms with Crippen LogP contribution in [-0.2, 0) is 6.54 Å². The topological polar surface area (TPSA) is 29.3 Å². The summed E-state index contributed by atoms with van der Waals surface area (Å²) in [5, 5.41) is 0.671. The molecule has 0 spiro atoms. The summed E-state index contributed by atoms with van der Waals surface area (Å²) in [6.07, 6.45) is 0. The van der Waals surface area contributed by atoms with Crippen LogP contribution < -0.4 is 10.6 Å². The van der Waals surface area contributed by atoms with Gasteiger partial charge in [0.1, 0.15) is 5.82 Å². The molecule has 0 aliphatic rings. The number of anilines is 1. The van der Waals surface area contributed by atoms with Gasteiger partial charge in [-0.15, -0.1) is 0 Å². The zero-order chi connectivity index (χ0) is 14.7. The summed E-state index contributed by atoms with van der Waals surface area (Å²) in [4.78, 5) is 2.03. The van der Waals surface area contributed by atoms with Crippen molar-refractivity contribution in [1.29, 1.82) is 0 Å². The molecule has 0 saturated carbocycles. The van der Waals surface area contributed by atoms with E-state index in [4.69, 9.17) is 17.3 Å². The molecule has 106 valence electrons. The lowest BCUT2D eigenvalue weighted by molar-refractivity contribution is 0.627. The molecule has 2 N–H and O–H groups in total. The highest BCUT2D eigenvalue weighted by atomic mass is 35.5. The van der Waals surface area contributed by atoms with Crippen LogP contribution in [0.3, 0.4) is 0 Å². The van der Waals surface area contributed by atoms with E-state index < -0.39 is 0 Å². The molecule has 0 aliphatic carbocycles. The number of nitrogens with two attached hydrogens (primary N) is 1. The van der Waals surface area contributed by atoms with Crippen molar-refractivity contribution in [3.05, 3.63) is 64.4 Å². The van der Waals surface area contributed by atoms with E-state index in [1.54, 1.807) is 12.1 Å². The number of nitrogens with zero attached hydrogens (tertiary/aromatic N) is 1. The predicted octanol–water partition coefficient (Wildman–Crippen LogP) is 4.14. The second kappa shape index (κ2) is 6.25. The first-order valence-electron chi connectivity index (χ1n) is 6.48. The smallest absolute Gasteiger partial charge is 0.123 e. The molecule has 2 aromatic rings. The van der Waals surface area contributed by atoms with Crippen molar-refractivity contribution in [3.63, 3.8) is 0 Å². The van der Waals surface area contributed by atoms with Gasteiger partial charge in [0.2, 0.25) is 0 Å². The van der Waals surface area contributed by atoms with Gasteiger partial charge in [-0.2, -0.15) is 0 Å². The molecule has 0 aromatic heterocycles. The average Bonchev–Trinajstić information content (AvgIpc) is 2.41. The Labute approximate surface area is 124 Å². The van der Waals surface area contributed by atoms with Crippen LogP contribution in [0.15, 0.2) is 42.5 Å². The molecule has 2 aromatic carbocycles. The Bertz CT molecular complexity index is 582. The molecular formula is C16H18ClFN2. The van der Waals surface area contributed by atoms with E-state index in [1.165, 1.54) is 12.1 Å². The third-order valence-corrected chi connectivity index (χ3v) is 3.54. The van der Waals surface area contributed by atoms with Crippen molar-refractivity contribution in [3.8, 4) is 0 Å². The van der Waals surface area contributed by atoms with Crippen LogP contribution in [0.2, 0.25) is 5.02 Å². The molecule has 2 nitrogen and oxygen atoms in total. The zero-order valence-corrected chi connectivity index (χ0v) is 12.4. The second-order valence-electron chi connectivity index (χ2n) is 4.98. The van der Waals surface area contributed by atoms with Gasteiger partial charge in [-0.05, 0) is 42.3 Å². The van der Waals surface area contributed by atoms with Crippen molar-refractivity contribution >= 4 is 17.3 Å². The normalized spacial score (nSPS) is 12.2. The first-order chi connectivity index (χ1) is 9.47. The fraction of sp³-hybridized carbons (Fsp3) is 0.250. The van der Waals surface area contributed by atoms with Crippen LogP contribution in [0, 0.1) is 5.82 Å². The van der Waals surface area contributed by atoms with Gasteiger partial charge in [0.15, 0.2) is 0 Å². The molecule has 1 unspecified atom stereocenters. The summed E-state index contributed by atoms with van der Waals surface area (Å²) in [7, 11) is 1.95. The lowest BCUT2D eigenvalue weighted by atomic mass is 10.1. The van der Waals surface area contributed by atoms with Crippen molar-refractivity contribution in [1.82, 2.24) is 0 Å². The summed E-state index contributed by atoms with van der Waals surface area (Å²) in [6, 6.07) is 12.3. The van der Waals surface area contributed by atoms with E-state index in [9.17, 15) is 4.39 Å². The Morgan fingerprint density at radius 1 is 1.20 bits per heavy atom. The van der Waals surface area contributed by atoms with Crippen LogP contribution in [0.4, 0.5) is 10.1 Å². The fourth-order valence-corrected chi connectivity index (χ4v) is 2.40. The third kappa shape index (κ3) is 3.50. The lowest BCUT2D eigenvalue weighted by Crippen LogP contribution is -2.17. The lowest BCUT2D eigenvalue weighted by Gasteiger charge is -2.21. The van der Waals surface area contributed by atoms with E-state index in [2.05, 4.69) is 0 Å². The predicted molar refractivity (Wildman–Crippen MR) is 82.6 cm³/mol. The van der Waals surface area contributed by atoms with Crippen molar-refractivity contribution in [2.24, 2.45) is 5.73 Å².